The van der Waals surface area contributed by atoms with Crippen molar-refractivity contribution >= 4 is 23.4 Å². The van der Waals surface area contributed by atoms with Crippen LogP contribution in [-0.2, 0) is 23.3 Å². The number of carbonyl (C=O) groups excluding carboxylic acids is 2. The summed E-state index contributed by atoms with van der Waals surface area (Å²) < 4.78 is 91.2. The molecule has 0 aliphatic heterocycles. The second kappa shape index (κ2) is 8.71. The van der Waals surface area contributed by atoms with Crippen molar-refractivity contribution in [1.82, 2.24) is 10.2 Å². The van der Waals surface area contributed by atoms with E-state index in [2.05, 4.69) is 14.9 Å². The number of aromatic amines is 1. The van der Waals surface area contributed by atoms with Crippen LogP contribution in [0.2, 0.25) is 5.02 Å². The van der Waals surface area contributed by atoms with Gasteiger partial charge < -0.3 is 4.74 Å². The fraction of sp³-hybridized carbons (Fsp3) is 0.261. The average Bonchev–Trinajstić information content (AvgIpc) is 3.22. The third-order valence-electron chi connectivity index (χ3n) is 5.82. The van der Waals surface area contributed by atoms with Crippen molar-refractivity contribution in [2.75, 3.05) is 7.11 Å². The Morgan fingerprint density at radius 3 is 2.54 bits per heavy atom. The van der Waals surface area contributed by atoms with E-state index < -0.39 is 75.0 Å². The molecule has 0 saturated carbocycles. The molecule has 1 aromatic heterocycles. The minimum absolute atomic E-state index is 0.0827. The van der Waals surface area contributed by atoms with Gasteiger partial charge in [0.15, 0.2) is 5.78 Å². The van der Waals surface area contributed by atoms with Crippen molar-refractivity contribution in [2.45, 2.75) is 24.9 Å². The lowest BCUT2D eigenvalue weighted by Crippen LogP contribution is -2.38. The fourth-order valence-electron chi connectivity index (χ4n) is 4.19. The van der Waals surface area contributed by atoms with Gasteiger partial charge in [-0.3, -0.25) is 9.89 Å². The zero-order chi connectivity index (χ0) is 25.7. The summed E-state index contributed by atoms with van der Waals surface area (Å²) >= 11 is 5.85. The van der Waals surface area contributed by atoms with Gasteiger partial charge in [-0.15, -0.1) is 0 Å². The molecule has 1 atom stereocenters. The number of hydrogen-bond acceptors (Lipinski definition) is 4. The summed E-state index contributed by atoms with van der Waals surface area (Å²) in [5.74, 6) is -9.60. The van der Waals surface area contributed by atoms with E-state index in [1.54, 1.807) is 0 Å². The molecule has 4 rings (SSSR count). The normalized spacial score (nSPS) is 17.1. The number of alkyl halides is 5. The van der Waals surface area contributed by atoms with Gasteiger partial charge in [0.25, 0.3) is 5.92 Å². The van der Waals surface area contributed by atoms with Crippen LogP contribution in [0.1, 0.15) is 44.0 Å². The van der Waals surface area contributed by atoms with Gasteiger partial charge in [-0.2, -0.15) is 18.3 Å². The molecule has 1 N–H and O–H groups in total. The molecule has 12 heteroatoms. The summed E-state index contributed by atoms with van der Waals surface area (Å²) in [4.78, 5) is 24.7. The second-order valence-electron chi connectivity index (χ2n) is 7.85. The molecule has 0 fully saturated rings. The van der Waals surface area contributed by atoms with Crippen molar-refractivity contribution in [3.63, 3.8) is 0 Å². The maximum absolute atomic E-state index is 15.7. The summed E-state index contributed by atoms with van der Waals surface area (Å²) in [7, 11) is 1.08. The van der Waals surface area contributed by atoms with Gasteiger partial charge >= 0.3 is 12.1 Å². The number of aromatic nitrogens is 2. The van der Waals surface area contributed by atoms with E-state index >= 15 is 8.78 Å². The largest absolute Gasteiger partial charge is 0.465 e. The lowest BCUT2D eigenvalue weighted by Gasteiger charge is -2.31. The number of fused-ring (bicyclic) bond motifs is 1. The van der Waals surface area contributed by atoms with E-state index in [-0.39, 0.29) is 17.7 Å². The Hall–Kier alpha value is -3.34. The van der Waals surface area contributed by atoms with Gasteiger partial charge in [-0.05, 0) is 43.2 Å². The SMILES string of the molecule is COC(=O)c1ccc(-c2n[nH]c3c2C(F)(F)C(C(=O)c2c(Cl)cccc2C(F)(F)F)CC3)c(F)c1. The van der Waals surface area contributed by atoms with E-state index in [0.29, 0.717) is 6.07 Å². The molecule has 1 heterocycles. The molecular weight excluding hydrogens is 502 g/mol. The van der Waals surface area contributed by atoms with Gasteiger partial charge in [0.05, 0.1) is 34.7 Å². The highest BCUT2D eigenvalue weighted by Crippen LogP contribution is 2.50. The number of halogens is 7. The van der Waals surface area contributed by atoms with Crippen LogP contribution in [0, 0.1) is 11.7 Å². The van der Waals surface area contributed by atoms with Crippen molar-refractivity contribution in [1.29, 1.82) is 0 Å². The zero-order valence-corrected chi connectivity index (χ0v) is 18.5. The fourth-order valence-corrected chi connectivity index (χ4v) is 4.46. The number of nitrogens with one attached hydrogen (secondary N) is 1. The van der Waals surface area contributed by atoms with Gasteiger partial charge in [0, 0.05) is 16.8 Å². The molecule has 3 aromatic rings. The maximum Gasteiger partial charge on any atom is 0.417 e. The summed E-state index contributed by atoms with van der Waals surface area (Å²) in [6, 6.07) is 5.55. The van der Waals surface area contributed by atoms with E-state index in [9.17, 15) is 27.2 Å². The van der Waals surface area contributed by atoms with Gasteiger partial charge in [-0.1, -0.05) is 17.7 Å². The van der Waals surface area contributed by atoms with Crippen LogP contribution in [0.25, 0.3) is 11.3 Å². The maximum atomic E-state index is 15.7. The van der Waals surface area contributed by atoms with E-state index in [0.717, 1.165) is 37.4 Å². The Morgan fingerprint density at radius 2 is 1.91 bits per heavy atom. The lowest BCUT2D eigenvalue weighted by atomic mass is 9.77. The predicted octanol–water partition coefficient (Wildman–Crippen LogP) is 6.21. The number of aryl methyl sites for hydroxylation is 1. The number of methoxy groups -OCH3 is 1. The molecular formula is C23H15ClF6N2O3. The molecule has 35 heavy (non-hydrogen) atoms. The van der Waals surface area contributed by atoms with E-state index in [1.165, 1.54) is 0 Å². The summed E-state index contributed by atoms with van der Waals surface area (Å²) in [5, 5.41) is 5.57. The highest BCUT2D eigenvalue weighted by atomic mass is 35.5. The highest BCUT2D eigenvalue weighted by Gasteiger charge is 2.53. The first-order chi connectivity index (χ1) is 16.4. The second-order valence-corrected chi connectivity index (χ2v) is 8.26. The number of carbonyl (C=O) groups is 2. The molecule has 1 unspecified atom stereocenters. The van der Waals surface area contributed by atoms with Crippen LogP contribution in [-0.4, -0.2) is 29.1 Å². The van der Waals surface area contributed by atoms with Crippen molar-refractivity contribution in [3.05, 3.63) is 75.2 Å². The van der Waals surface area contributed by atoms with Crippen molar-refractivity contribution < 1.29 is 40.7 Å². The van der Waals surface area contributed by atoms with Crippen molar-refractivity contribution in [2.24, 2.45) is 5.92 Å². The Bertz CT molecular complexity index is 1340. The molecule has 0 amide bonds. The van der Waals surface area contributed by atoms with Crippen LogP contribution < -0.4 is 0 Å². The van der Waals surface area contributed by atoms with Crippen LogP contribution in [0.4, 0.5) is 26.3 Å². The van der Waals surface area contributed by atoms with Crippen LogP contribution in [0.15, 0.2) is 36.4 Å². The zero-order valence-electron chi connectivity index (χ0n) is 17.8. The number of ketones is 1. The molecule has 1 aliphatic rings. The van der Waals surface area contributed by atoms with Crippen molar-refractivity contribution in [3.8, 4) is 11.3 Å². The smallest absolute Gasteiger partial charge is 0.417 e. The molecule has 0 bridgehead atoms. The topological polar surface area (TPSA) is 72.0 Å². The third kappa shape index (κ3) is 4.18. The Labute approximate surface area is 199 Å². The monoisotopic (exact) mass is 516 g/mol. The molecule has 1 aliphatic carbocycles. The number of esters is 1. The molecule has 0 radical (unpaired) electrons. The molecule has 5 nitrogen and oxygen atoms in total. The molecule has 2 aromatic carbocycles. The highest BCUT2D eigenvalue weighted by molar-refractivity contribution is 6.34. The Balaban J connectivity index is 1.80. The number of rotatable bonds is 4. The molecule has 0 spiro atoms. The van der Waals surface area contributed by atoms with E-state index in [1.807, 2.05) is 0 Å². The van der Waals surface area contributed by atoms with Gasteiger partial charge in [-0.25, -0.2) is 18.0 Å². The third-order valence-corrected chi connectivity index (χ3v) is 6.14. The minimum Gasteiger partial charge on any atom is -0.465 e. The van der Waals surface area contributed by atoms with Crippen LogP contribution in [0.3, 0.4) is 0 Å². The van der Waals surface area contributed by atoms with Crippen LogP contribution >= 0.6 is 11.6 Å². The first kappa shape index (κ1) is 24.8. The lowest BCUT2D eigenvalue weighted by molar-refractivity contribution is -0.138. The van der Waals surface area contributed by atoms with E-state index in [4.69, 9.17) is 11.6 Å². The summed E-state index contributed by atoms with van der Waals surface area (Å²) in [6.45, 7) is 0. The Morgan fingerprint density at radius 1 is 1.20 bits per heavy atom. The first-order valence-electron chi connectivity index (χ1n) is 10.1. The predicted molar refractivity (Wildman–Crippen MR) is 112 cm³/mol. The quantitative estimate of drug-likeness (QED) is 0.254. The number of benzene rings is 2. The minimum atomic E-state index is -5.00. The summed E-state index contributed by atoms with van der Waals surface area (Å²) in [6.07, 6.45) is -5.65. The number of hydrogen-bond donors (Lipinski definition) is 1. The standard InChI is InChI=1S/C23H15ClF6N2O3/c1-35-21(34)10-5-6-11(15(25)9-10)19-18-16(31-32-19)8-7-13(22(18,26)27)20(33)17-12(23(28,29)30)3-2-4-14(17)24/h2-6,9,13H,7-8H2,1H3,(H,31,32). The number of H-pyrrole nitrogens is 1. The summed E-state index contributed by atoms with van der Waals surface area (Å²) in [5.41, 5.74) is -4.44. The van der Waals surface area contributed by atoms with Crippen LogP contribution in [0.5, 0.6) is 0 Å². The molecule has 184 valence electrons. The molecule has 0 saturated heterocycles. The average molecular weight is 517 g/mol. The number of nitrogens with zero attached hydrogens (tertiary/aromatic N) is 1. The van der Waals surface area contributed by atoms with Gasteiger partial charge in [0.1, 0.15) is 11.5 Å². The number of ether oxygens (including phenoxy) is 1. The number of Topliss-reactive ketones (excluding diaryl/α,β-unsaturated/α-hetero) is 1. The Kier molecular flexibility index (Phi) is 6.16. The van der Waals surface area contributed by atoms with Gasteiger partial charge in [0.2, 0.25) is 0 Å². The first-order valence-corrected chi connectivity index (χ1v) is 10.5.